The third kappa shape index (κ3) is 5.29. The van der Waals surface area contributed by atoms with Crippen molar-refractivity contribution in [3.05, 3.63) is 53.9 Å². The van der Waals surface area contributed by atoms with Gasteiger partial charge in [-0.2, -0.15) is 0 Å². The average molecular weight is 367 g/mol. The van der Waals surface area contributed by atoms with Gasteiger partial charge in [-0.25, -0.2) is 0 Å². The van der Waals surface area contributed by atoms with Crippen LogP contribution in [0, 0.1) is 0 Å². The molecule has 27 heavy (non-hydrogen) atoms. The molecule has 1 aromatic carbocycles. The van der Waals surface area contributed by atoms with Crippen LogP contribution in [0.25, 0.3) is 0 Å². The van der Waals surface area contributed by atoms with Gasteiger partial charge in [0.15, 0.2) is 0 Å². The van der Waals surface area contributed by atoms with Crippen LogP contribution in [-0.2, 0) is 0 Å². The number of anilines is 1. The molecule has 142 valence electrons. The summed E-state index contributed by atoms with van der Waals surface area (Å²) in [5.41, 5.74) is 1.32. The summed E-state index contributed by atoms with van der Waals surface area (Å²) in [4.78, 5) is 29.1. The van der Waals surface area contributed by atoms with Crippen molar-refractivity contribution in [1.29, 1.82) is 0 Å². The van der Waals surface area contributed by atoms with Gasteiger partial charge in [0.05, 0.1) is 7.11 Å². The number of amides is 2. The summed E-state index contributed by atoms with van der Waals surface area (Å²) in [6.07, 6.45) is 8.24. The van der Waals surface area contributed by atoms with Crippen molar-refractivity contribution < 1.29 is 14.3 Å². The topological polar surface area (TPSA) is 80.3 Å². The zero-order chi connectivity index (χ0) is 19.1. The first-order chi connectivity index (χ1) is 13.2. The lowest BCUT2D eigenvalue weighted by molar-refractivity contribution is 0.0928. The second-order valence-electron chi connectivity index (χ2n) is 6.77. The van der Waals surface area contributed by atoms with Crippen molar-refractivity contribution in [3.8, 4) is 5.75 Å². The molecule has 0 saturated heterocycles. The lowest BCUT2D eigenvalue weighted by atomic mass is 10.1. The van der Waals surface area contributed by atoms with Crippen molar-refractivity contribution in [3.63, 3.8) is 0 Å². The van der Waals surface area contributed by atoms with Gasteiger partial charge >= 0.3 is 0 Å². The number of carbonyl (C=O) groups excluding carboxylic acids is 2. The molecule has 1 saturated carbocycles. The predicted molar refractivity (Wildman–Crippen MR) is 104 cm³/mol. The number of nitrogens with zero attached hydrogens (tertiary/aromatic N) is 1. The van der Waals surface area contributed by atoms with E-state index in [4.69, 9.17) is 4.74 Å². The number of ether oxygens (including phenoxy) is 1. The van der Waals surface area contributed by atoms with Crippen LogP contribution < -0.4 is 15.4 Å². The maximum atomic E-state index is 12.5. The number of rotatable bonds is 5. The van der Waals surface area contributed by atoms with E-state index in [0.717, 1.165) is 31.4 Å². The Morgan fingerprint density at radius 2 is 1.70 bits per heavy atom. The molecule has 0 bridgehead atoms. The Labute approximate surface area is 159 Å². The molecule has 3 rings (SSSR count). The van der Waals surface area contributed by atoms with E-state index < -0.39 is 0 Å². The summed E-state index contributed by atoms with van der Waals surface area (Å²) in [7, 11) is 1.59. The Kier molecular flexibility index (Phi) is 6.41. The van der Waals surface area contributed by atoms with E-state index in [1.54, 1.807) is 37.4 Å². The van der Waals surface area contributed by atoms with Crippen molar-refractivity contribution in [1.82, 2.24) is 10.3 Å². The van der Waals surface area contributed by atoms with Crippen LogP contribution >= 0.6 is 0 Å². The number of hydrogen-bond acceptors (Lipinski definition) is 4. The molecule has 0 spiro atoms. The van der Waals surface area contributed by atoms with Crippen LogP contribution in [0.3, 0.4) is 0 Å². The Morgan fingerprint density at radius 1 is 1.00 bits per heavy atom. The number of hydrogen-bond donors (Lipinski definition) is 2. The van der Waals surface area contributed by atoms with Crippen LogP contribution in [0.5, 0.6) is 5.75 Å². The SMILES string of the molecule is COc1ccc(NC(=O)c2ccnc(C(=O)NC3CCCCCC3)c2)cc1. The summed E-state index contributed by atoms with van der Waals surface area (Å²) in [5, 5.41) is 5.87. The second-order valence-corrected chi connectivity index (χ2v) is 6.77. The van der Waals surface area contributed by atoms with Crippen LogP contribution in [0.2, 0.25) is 0 Å². The van der Waals surface area contributed by atoms with Gasteiger partial charge in [-0.05, 0) is 49.2 Å². The zero-order valence-electron chi connectivity index (χ0n) is 15.5. The minimum atomic E-state index is -0.286. The van der Waals surface area contributed by atoms with Crippen molar-refractivity contribution in [2.45, 2.75) is 44.6 Å². The summed E-state index contributed by atoms with van der Waals surface area (Å²) < 4.78 is 5.11. The van der Waals surface area contributed by atoms with Crippen molar-refractivity contribution >= 4 is 17.5 Å². The Hall–Kier alpha value is -2.89. The zero-order valence-corrected chi connectivity index (χ0v) is 15.5. The summed E-state index contributed by atoms with van der Waals surface area (Å²) >= 11 is 0. The van der Waals surface area contributed by atoms with E-state index in [1.165, 1.54) is 25.1 Å². The monoisotopic (exact) mass is 367 g/mol. The third-order valence-corrected chi connectivity index (χ3v) is 4.79. The van der Waals surface area contributed by atoms with Crippen molar-refractivity contribution in [2.24, 2.45) is 0 Å². The van der Waals surface area contributed by atoms with Gasteiger partial charge in [-0.3, -0.25) is 14.6 Å². The largest absolute Gasteiger partial charge is 0.497 e. The molecule has 1 fully saturated rings. The molecule has 0 unspecified atom stereocenters. The molecular formula is C21H25N3O3. The number of carbonyl (C=O) groups is 2. The fraction of sp³-hybridized carbons (Fsp3) is 0.381. The first-order valence-corrected chi connectivity index (χ1v) is 9.38. The molecular weight excluding hydrogens is 342 g/mol. The van der Waals surface area contributed by atoms with Crippen LogP contribution in [0.15, 0.2) is 42.6 Å². The first kappa shape index (κ1) is 18.9. The molecule has 1 aromatic heterocycles. The predicted octanol–water partition coefficient (Wildman–Crippen LogP) is 3.80. The second kappa shape index (κ2) is 9.16. The molecule has 6 heteroatoms. The van der Waals surface area contributed by atoms with Crippen LogP contribution in [-0.4, -0.2) is 29.9 Å². The van der Waals surface area contributed by atoms with Gasteiger partial charge in [-0.15, -0.1) is 0 Å². The van der Waals surface area contributed by atoms with Gasteiger partial charge in [0.25, 0.3) is 11.8 Å². The highest BCUT2D eigenvalue weighted by Gasteiger charge is 2.17. The number of benzene rings is 1. The Bertz CT molecular complexity index is 782. The highest BCUT2D eigenvalue weighted by Crippen LogP contribution is 2.18. The number of aromatic nitrogens is 1. The molecule has 1 heterocycles. The minimum absolute atomic E-state index is 0.193. The van der Waals surface area contributed by atoms with Gasteiger partial charge in [0, 0.05) is 23.5 Å². The fourth-order valence-electron chi connectivity index (χ4n) is 3.26. The summed E-state index contributed by atoms with van der Waals surface area (Å²) in [6, 6.07) is 10.4. The smallest absolute Gasteiger partial charge is 0.270 e. The highest BCUT2D eigenvalue weighted by molar-refractivity contribution is 6.05. The molecule has 2 N–H and O–H groups in total. The number of methoxy groups -OCH3 is 1. The maximum absolute atomic E-state index is 12.5. The molecule has 2 aromatic rings. The van der Waals surface area contributed by atoms with Gasteiger partial charge < -0.3 is 15.4 Å². The molecule has 6 nitrogen and oxygen atoms in total. The average Bonchev–Trinajstić information content (AvgIpc) is 2.97. The summed E-state index contributed by atoms with van der Waals surface area (Å²) in [6.45, 7) is 0. The molecule has 2 amide bonds. The van der Waals surface area contributed by atoms with Crippen molar-refractivity contribution in [2.75, 3.05) is 12.4 Å². The molecule has 1 aliphatic carbocycles. The number of nitrogens with one attached hydrogen (secondary N) is 2. The third-order valence-electron chi connectivity index (χ3n) is 4.79. The first-order valence-electron chi connectivity index (χ1n) is 9.38. The molecule has 1 aliphatic rings. The van der Waals surface area contributed by atoms with E-state index in [1.807, 2.05) is 0 Å². The number of pyridine rings is 1. The quantitative estimate of drug-likeness (QED) is 0.788. The lowest BCUT2D eigenvalue weighted by Crippen LogP contribution is -2.35. The maximum Gasteiger partial charge on any atom is 0.270 e. The Morgan fingerprint density at radius 3 is 2.37 bits per heavy atom. The highest BCUT2D eigenvalue weighted by atomic mass is 16.5. The van der Waals surface area contributed by atoms with E-state index in [-0.39, 0.29) is 23.6 Å². The van der Waals surface area contributed by atoms with E-state index >= 15 is 0 Å². The van der Waals surface area contributed by atoms with Crippen LogP contribution in [0.4, 0.5) is 5.69 Å². The van der Waals surface area contributed by atoms with Crippen LogP contribution in [0.1, 0.15) is 59.4 Å². The fourth-order valence-corrected chi connectivity index (χ4v) is 3.26. The minimum Gasteiger partial charge on any atom is -0.497 e. The normalized spacial score (nSPS) is 14.9. The molecule has 0 aliphatic heterocycles. The van der Waals surface area contributed by atoms with Gasteiger partial charge in [0.1, 0.15) is 11.4 Å². The molecule has 0 atom stereocenters. The van der Waals surface area contributed by atoms with E-state index in [0.29, 0.717) is 11.3 Å². The standard InChI is InChI=1S/C21H25N3O3/c1-27-18-10-8-17(9-11-18)23-20(25)15-12-13-22-19(14-15)21(26)24-16-6-4-2-3-5-7-16/h8-14,16H,2-7H2,1H3,(H,23,25)(H,24,26). The van der Waals surface area contributed by atoms with E-state index in [9.17, 15) is 9.59 Å². The van der Waals surface area contributed by atoms with E-state index in [2.05, 4.69) is 15.6 Å². The van der Waals surface area contributed by atoms with Gasteiger partial charge in [-0.1, -0.05) is 25.7 Å². The van der Waals surface area contributed by atoms with Gasteiger partial charge in [0.2, 0.25) is 0 Å². The Balaban J connectivity index is 1.64. The molecule has 0 radical (unpaired) electrons. The summed E-state index contributed by atoms with van der Waals surface area (Å²) in [5.74, 6) is 0.210. The lowest BCUT2D eigenvalue weighted by Gasteiger charge is -2.16.